The van der Waals surface area contributed by atoms with Gasteiger partial charge in [-0.1, -0.05) is 19.3 Å². The first-order chi connectivity index (χ1) is 9.78. The van der Waals surface area contributed by atoms with Crippen LogP contribution in [-0.4, -0.2) is 48.0 Å². The van der Waals surface area contributed by atoms with Crippen LogP contribution in [0.1, 0.15) is 59.8 Å². The second-order valence-electron chi connectivity index (χ2n) is 7.12. The van der Waals surface area contributed by atoms with Gasteiger partial charge < -0.3 is 20.5 Å². The lowest BCUT2D eigenvalue weighted by atomic mass is 9.98. The Morgan fingerprint density at radius 1 is 1.29 bits per heavy atom. The largest absolute Gasteiger partial charge is 0.389 e. The van der Waals surface area contributed by atoms with Crippen LogP contribution in [0.2, 0.25) is 0 Å². The van der Waals surface area contributed by atoms with Crippen LogP contribution in [0.25, 0.3) is 0 Å². The molecule has 0 saturated heterocycles. The second-order valence-corrected chi connectivity index (χ2v) is 7.12. The summed E-state index contributed by atoms with van der Waals surface area (Å²) in [6.07, 6.45) is 5.68. The summed E-state index contributed by atoms with van der Waals surface area (Å²) in [5.74, 6) is -0.0529. The standard InChI is InChI=1S/C16H32N2O3/c1-12(15(20)18-16(2,3)4)17-10-13(19)11-21-14-8-6-5-7-9-14/h12-14,17,19H,5-11H2,1-4H3,(H,18,20). The van der Waals surface area contributed by atoms with E-state index in [4.69, 9.17) is 4.74 Å². The Hall–Kier alpha value is -0.650. The van der Waals surface area contributed by atoms with Gasteiger partial charge in [0, 0.05) is 12.1 Å². The lowest BCUT2D eigenvalue weighted by molar-refractivity contribution is -0.124. The molecule has 1 aliphatic rings. The minimum atomic E-state index is -0.572. The number of aliphatic hydroxyl groups is 1. The average molecular weight is 300 g/mol. The third-order valence-electron chi connectivity index (χ3n) is 3.63. The van der Waals surface area contributed by atoms with Gasteiger partial charge >= 0.3 is 0 Å². The Balaban J connectivity index is 2.16. The van der Waals surface area contributed by atoms with Gasteiger partial charge in [0.25, 0.3) is 0 Å². The molecule has 1 amide bonds. The van der Waals surface area contributed by atoms with Crippen molar-refractivity contribution in [2.45, 2.75) is 83.6 Å². The molecular formula is C16H32N2O3. The van der Waals surface area contributed by atoms with E-state index < -0.39 is 6.10 Å². The van der Waals surface area contributed by atoms with Crippen LogP contribution < -0.4 is 10.6 Å². The minimum Gasteiger partial charge on any atom is -0.389 e. The zero-order valence-electron chi connectivity index (χ0n) is 13.9. The van der Waals surface area contributed by atoms with Crippen molar-refractivity contribution in [1.82, 2.24) is 10.6 Å². The molecule has 2 unspecified atom stereocenters. The van der Waals surface area contributed by atoms with E-state index in [1.807, 2.05) is 20.8 Å². The van der Waals surface area contributed by atoms with Crippen LogP contribution >= 0.6 is 0 Å². The highest BCUT2D eigenvalue weighted by atomic mass is 16.5. The minimum absolute atomic E-state index is 0.0529. The molecule has 0 aliphatic heterocycles. The molecule has 1 rings (SSSR count). The SMILES string of the molecule is CC(NCC(O)COC1CCCCC1)C(=O)NC(C)(C)C. The highest BCUT2D eigenvalue weighted by molar-refractivity contribution is 5.81. The van der Waals surface area contributed by atoms with Crippen LogP contribution in [0, 0.1) is 0 Å². The summed E-state index contributed by atoms with van der Waals surface area (Å²) in [7, 11) is 0. The van der Waals surface area contributed by atoms with E-state index in [0.29, 0.717) is 19.3 Å². The molecule has 5 heteroatoms. The molecule has 1 aliphatic carbocycles. The van der Waals surface area contributed by atoms with Crippen molar-refractivity contribution in [3.8, 4) is 0 Å². The topological polar surface area (TPSA) is 70.6 Å². The number of carbonyl (C=O) groups is 1. The molecule has 0 radical (unpaired) electrons. The van der Waals surface area contributed by atoms with Crippen LogP contribution in [0.4, 0.5) is 0 Å². The van der Waals surface area contributed by atoms with Gasteiger partial charge in [0.2, 0.25) is 5.91 Å². The van der Waals surface area contributed by atoms with Gasteiger partial charge in [-0.15, -0.1) is 0 Å². The molecule has 0 bridgehead atoms. The van der Waals surface area contributed by atoms with Crippen LogP contribution in [0.15, 0.2) is 0 Å². The van der Waals surface area contributed by atoms with Crippen LogP contribution in [-0.2, 0) is 9.53 Å². The summed E-state index contributed by atoms with van der Waals surface area (Å²) in [4.78, 5) is 11.9. The van der Waals surface area contributed by atoms with Crippen molar-refractivity contribution in [1.29, 1.82) is 0 Å². The first-order valence-electron chi connectivity index (χ1n) is 8.13. The van der Waals surface area contributed by atoms with Gasteiger partial charge in [-0.25, -0.2) is 0 Å². The molecule has 1 saturated carbocycles. The van der Waals surface area contributed by atoms with Crippen molar-refractivity contribution < 1.29 is 14.6 Å². The number of aliphatic hydroxyl groups excluding tert-OH is 1. The second kappa shape index (κ2) is 8.71. The van der Waals surface area contributed by atoms with Crippen LogP contribution in [0.5, 0.6) is 0 Å². The molecule has 21 heavy (non-hydrogen) atoms. The van der Waals surface area contributed by atoms with E-state index in [1.165, 1.54) is 19.3 Å². The summed E-state index contributed by atoms with van der Waals surface area (Å²) in [6, 6.07) is -0.325. The zero-order chi connectivity index (χ0) is 15.9. The fraction of sp³-hybridized carbons (Fsp3) is 0.938. The maximum Gasteiger partial charge on any atom is 0.237 e. The number of hydrogen-bond donors (Lipinski definition) is 3. The fourth-order valence-corrected chi connectivity index (χ4v) is 2.42. The van der Waals surface area contributed by atoms with Crippen molar-refractivity contribution in [3.63, 3.8) is 0 Å². The lowest BCUT2D eigenvalue weighted by Crippen LogP contribution is -2.51. The smallest absolute Gasteiger partial charge is 0.237 e. The number of amides is 1. The quantitative estimate of drug-likeness (QED) is 0.668. The molecule has 0 aromatic carbocycles. The van der Waals surface area contributed by atoms with Crippen molar-refractivity contribution in [3.05, 3.63) is 0 Å². The monoisotopic (exact) mass is 300 g/mol. The summed E-state index contributed by atoms with van der Waals surface area (Å²) in [6.45, 7) is 8.35. The summed E-state index contributed by atoms with van der Waals surface area (Å²) < 4.78 is 5.73. The maximum absolute atomic E-state index is 11.9. The highest BCUT2D eigenvalue weighted by Crippen LogP contribution is 2.20. The maximum atomic E-state index is 11.9. The Bertz CT molecular complexity index is 309. The van der Waals surface area contributed by atoms with E-state index in [1.54, 1.807) is 6.92 Å². The van der Waals surface area contributed by atoms with Gasteiger partial charge in [-0.2, -0.15) is 0 Å². The average Bonchev–Trinajstić information content (AvgIpc) is 2.41. The van der Waals surface area contributed by atoms with E-state index in [9.17, 15) is 9.90 Å². The van der Waals surface area contributed by atoms with E-state index in [2.05, 4.69) is 10.6 Å². The number of rotatable bonds is 7. The van der Waals surface area contributed by atoms with Crippen molar-refractivity contribution in [2.24, 2.45) is 0 Å². The lowest BCUT2D eigenvalue weighted by Gasteiger charge is -2.25. The number of carbonyl (C=O) groups excluding carboxylic acids is 1. The summed E-state index contributed by atoms with van der Waals surface area (Å²) in [5, 5.41) is 15.9. The number of nitrogens with one attached hydrogen (secondary N) is 2. The molecule has 1 fully saturated rings. The zero-order valence-corrected chi connectivity index (χ0v) is 13.9. The van der Waals surface area contributed by atoms with Crippen molar-refractivity contribution >= 4 is 5.91 Å². The molecule has 0 aromatic heterocycles. The Kier molecular flexibility index (Phi) is 7.63. The van der Waals surface area contributed by atoms with E-state index in [-0.39, 0.29) is 17.5 Å². The van der Waals surface area contributed by atoms with Crippen LogP contribution in [0.3, 0.4) is 0 Å². The molecule has 0 aromatic rings. The van der Waals surface area contributed by atoms with Gasteiger partial charge in [0.05, 0.1) is 24.9 Å². The normalized spacial score (nSPS) is 20.0. The predicted molar refractivity (Wildman–Crippen MR) is 84.2 cm³/mol. The number of hydrogen-bond acceptors (Lipinski definition) is 4. The first-order valence-corrected chi connectivity index (χ1v) is 8.13. The van der Waals surface area contributed by atoms with Crippen molar-refractivity contribution in [2.75, 3.05) is 13.2 Å². The summed E-state index contributed by atoms with van der Waals surface area (Å²) in [5.41, 5.74) is -0.240. The molecule has 3 N–H and O–H groups in total. The molecule has 0 heterocycles. The molecule has 2 atom stereocenters. The van der Waals surface area contributed by atoms with E-state index in [0.717, 1.165) is 12.8 Å². The molecule has 0 spiro atoms. The fourth-order valence-electron chi connectivity index (χ4n) is 2.42. The third kappa shape index (κ3) is 8.39. The molecule has 124 valence electrons. The van der Waals surface area contributed by atoms with E-state index >= 15 is 0 Å². The van der Waals surface area contributed by atoms with Gasteiger partial charge in [-0.05, 0) is 40.5 Å². The van der Waals surface area contributed by atoms with Gasteiger partial charge in [0.15, 0.2) is 0 Å². The van der Waals surface area contributed by atoms with Gasteiger partial charge in [0.1, 0.15) is 0 Å². The highest BCUT2D eigenvalue weighted by Gasteiger charge is 2.20. The predicted octanol–water partition coefficient (Wildman–Crippen LogP) is 1.59. The number of ether oxygens (including phenoxy) is 1. The Morgan fingerprint density at radius 2 is 1.90 bits per heavy atom. The van der Waals surface area contributed by atoms with Gasteiger partial charge in [-0.3, -0.25) is 4.79 Å². The molecule has 5 nitrogen and oxygen atoms in total. The Labute approximate surface area is 128 Å². The Morgan fingerprint density at radius 3 is 2.48 bits per heavy atom. The molecular weight excluding hydrogens is 268 g/mol. The third-order valence-corrected chi connectivity index (χ3v) is 3.63. The first kappa shape index (κ1) is 18.4. The summed E-state index contributed by atoms with van der Waals surface area (Å²) >= 11 is 0.